The van der Waals surface area contributed by atoms with Gasteiger partial charge in [0, 0.05) is 18.6 Å². The van der Waals surface area contributed by atoms with Gasteiger partial charge in [-0.05, 0) is 55.5 Å². The number of rotatable bonds is 6. The monoisotopic (exact) mass is 426 g/mol. The Morgan fingerprint density at radius 3 is 2.67 bits per heavy atom. The van der Waals surface area contributed by atoms with E-state index in [-0.39, 0.29) is 11.9 Å². The molecule has 4 N–H and O–H groups in total. The van der Waals surface area contributed by atoms with Gasteiger partial charge >= 0.3 is 0 Å². The smallest absolute Gasteiger partial charge is 0.223 e. The molecule has 1 fully saturated rings. The molecule has 2 heterocycles. The lowest BCUT2D eigenvalue weighted by Gasteiger charge is -2.26. The third-order valence-corrected chi connectivity index (χ3v) is 5.48. The van der Waals surface area contributed by atoms with Gasteiger partial charge in [0.15, 0.2) is 0 Å². The molecule has 0 atom stereocenters. The number of hydrogen-bond acceptors (Lipinski definition) is 6. The quantitative estimate of drug-likeness (QED) is 0.532. The second kappa shape index (κ2) is 9.36. The molecule has 0 spiro atoms. The van der Waals surface area contributed by atoms with Crippen LogP contribution in [0.2, 0.25) is 5.02 Å². The summed E-state index contributed by atoms with van der Waals surface area (Å²) in [5.41, 5.74) is 8.02. The minimum atomic E-state index is -0.260. The molecule has 0 aliphatic heterocycles. The van der Waals surface area contributed by atoms with E-state index in [1.807, 2.05) is 24.3 Å². The number of hydrogen-bond donors (Lipinski definition) is 3. The maximum Gasteiger partial charge on any atom is 0.223 e. The topological polar surface area (TPSA) is 88.8 Å². The van der Waals surface area contributed by atoms with Crippen LogP contribution in [0.1, 0.15) is 31.2 Å². The second-order valence-corrected chi connectivity index (χ2v) is 7.94. The molecule has 0 bridgehead atoms. The predicted molar refractivity (Wildman–Crippen MR) is 118 cm³/mol. The molecule has 4 rings (SSSR count). The summed E-state index contributed by atoms with van der Waals surface area (Å²) in [5, 5.41) is 7.03. The fourth-order valence-corrected chi connectivity index (χ4v) is 3.75. The lowest BCUT2D eigenvalue weighted by atomic mass is 9.92. The predicted octanol–water partition coefficient (Wildman–Crippen LogP) is 4.63. The molecular formula is C22H24ClFN6. The number of halogens is 2. The first-order chi connectivity index (χ1) is 14.6. The van der Waals surface area contributed by atoms with Crippen LogP contribution in [0, 0.1) is 5.82 Å². The lowest BCUT2D eigenvalue weighted by Crippen LogP contribution is -2.33. The minimum Gasteiger partial charge on any atom is -0.366 e. The Balaban J connectivity index is 1.48. The summed E-state index contributed by atoms with van der Waals surface area (Å²) in [6.07, 6.45) is 5.59. The van der Waals surface area contributed by atoms with Crippen LogP contribution in [0.5, 0.6) is 0 Å². The van der Waals surface area contributed by atoms with Crippen molar-refractivity contribution >= 4 is 23.4 Å². The number of benzene rings is 1. The summed E-state index contributed by atoms with van der Waals surface area (Å²) in [5.74, 6) is 0.931. The van der Waals surface area contributed by atoms with Crippen molar-refractivity contribution in [2.45, 2.75) is 44.3 Å². The second-order valence-electron chi connectivity index (χ2n) is 7.54. The van der Waals surface area contributed by atoms with E-state index in [9.17, 15) is 4.39 Å². The number of anilines is 2. The molecule has 1 aromatic carbocycles. The number of nitrogens with zero attached hydrogens (tertiary/aromatic N) is 3. The Bertz CT molecular complexity index is 1010. The van der Waals surface area contributed by atoms with Gasteiger partial charge in [0.2, 0.25) is 5.95 Å². The van der Waals surface area contributed by atoms with E-state index in [1.54, 1.807) is 12.3 Å². The van der Waals surface area contributed by atoms with Crippen LogP contribution < -0.4 is 16.4 Å². The highest BCUT2D eigenvalue weighted by Crippen LogP contribution is 2.27. The summed E-state index contributed by atoms with van der Waals surface area (Å²) in [7, 11) is 0. The van der Waals surface area contributed by atoms with Gasteiger partial charge in [0.25, 0.3) is 0 Å². The first-order valence-electron chi connectivity index (χ1n) is 10.1. The van der Waals surface area contributed by atoms with Gasteiger partial charge in [-0.1, -0.05) is 29.8 Å². The molecule has 156 valence electrons. The van der Waals surface area contributed by atoms with E-state index in [0.717, 1.165) is 31.2 Å². The van der Waals surface area contributed by atoms with E-state index in [1.165, 1.54) is 12.1 Å². The highest BCUT2D eigenvalue weighted by atomic mass is 35.5. The van der Waals surface area contributed by atoms with Gasteiger partial charge in [-0.15, -0.1) is 0 Å². The zero-order valence-electron chi connectivity index (χ0n) is 16.5. The molecule has 0 radical (unpaired) electrons. The highest BCUT2D eigenvalue weighted by Gasteiger charge is 2.19. The summed E-state index contributed by atoms with van der Waals surface area (Å²) in [6, 6.07) is 12.6. The largest absolute Gasteiger partial charge is 0.366 e. The van der Waals surface area contributed by atoms with Crippen molar-refractivity contribution in [1.29, 1.82) is 0 Å². The van der Waals surface area contributed by atoms with Crippen molar-refractivity contribution in [3.63, 3.8) is 0 Å². The summed E-state index contributed by atoms with van der Waals surface area (Å²) >= 11 is 6.36. The van der Waals surface area contributed by atoms with Gasteiger partial charge < -0.3 is 16.4 Å². The molecule has 2 aromatic heterocycles. The maximum atomic E-state index is 13.4. The zero-order valence-corrected chi connectivity index (χ0v) is 17.2. The summed E-state index contributed by atoms with van der Waals surface area (Å²) < 4.78 is 13.4. The van der Waals surface area contributed by atoms with Gasteiger partial charge in [-0.2, -0.15) is 0 Å². The van der Waals surface area contributed by atoms with Gasteiger partial charge in [0.1, 0.15) is 17.3 Å². The third kappa shape index (κ3) is 5.23. The van der Waals surface area contributed by atoms with E-state index in [2.05, 4.69) is 25.6 Å². The third-order valence-electron chi connectivity index (χ3n) is 5.20. The van der Waals surface area contributed by atoms with Crippen LogP contribution >= 0.6 is 11.6 Å². The van der Waals surface area contributed by atoms with Crippen LogP contribution in [0.15, 0.2) is 48.7 Å². The Morgan fingerprint density at radius 2 is 1.87 bits per heavy atom. The molecule has 6 nitrogen and oxygen atoms in total. The molecule has 30 heavy (non-hydrogen) atoms. The summed E-state index contributed by atoms with van der Waals surface area (Å²) in [6.45, 7) is 0.461. The number of pyridine rings is 1. The SMILES string of the molecule is NC1CCC(Nc2ncc(Cl)c(-c3cccc(NCc4cccc(F)c4)n3)n2)CC1. The molecule has 0 amide bonds. The normalized spacial score (nSPS) is 18.8. The van der Waals surface area contributed by atoms with Gasteiger partial charge in [-0.3, -0.25) is 0 Å². The van der Waals surface area contributed by atoms with E-state index < -0.39 is 0 Å². The number of nitrogens with two attached hydrogens (primary N) is 1. The van der Waals surface area contributed by atoms with E-state index in [0.29, 0.717) is 40.8 Å². The van der Waals surface area contributed by atoms with Crippen molar-refractivity contribution < 1.29 is 4.39 Å². The molecule has 1 saturated carbocycles. The van der Waals surface area contributed by atoms with Crippen LogP contribution in [0.25, 0.3) is 11.4 Å². The lowest BCUT2D eigenvalue weighted by molar-refractivity contribution is 0.410. The molecule has 0 saturated heterocycles. The van der Waals surface area contributed by atoms with E-state index in [4.69, 9.17) is 17.3 Å². The molecule has 0 unspecified atom stereocenters. The first kappa shape index (κ1) is 20.5. The highest BCUT2D eigenvalue weighted by molar-refractivity contribution is 6.32. The van der Waals surface area contributed by atoms with Crippen molar-refractivity contribution in [3.05, 3.63) is 65.1 Å². The average Bonchev–Trinajstić information content (AvgIpc) is 2.75. The van der Waals surface area contributed by atoms with Crippen molar-refractivity contribution in [3.8, 4) is 11.4 Å². The summed E-state index contributed by atoms with van der Waals surface area (Å²) in [4.78, 5) is 13.5. The first-order valence-corrected chi connectivity index (χ1v) is 10.4. The van der Waals surface area contributed by atoms with Crippen molar-refractivity contribution in [2.24, 2.45) is 5.73 Å². The molecule has 1 aliphatic rings. The molecular weight excluding hydrogens is 403 g/mol. The van der Waals surface area contributed by atoms with Gasteiger partial charge in [-0.25, -0.2) is 19.3 Å². The van der Waals surface area contributed by atoms with Crippen LogP contribution in [-0.2, 0) is 6.54 Å². The van der Waals surface area contributed by atoms with Crippen LogP contribution in [0.3, 0.4) is 0 Å². The fourth-order valence-electron chi connectivity index (χ4n) is 3.57. The van der Waals surface area contributed by atoms with E-state index >= 15 is 0 Å². The number of nitrogens with one attached hydrogen (secondary N) is 2. The Hall–Kier alpha value is -2.77. The van der Waals surface area contributed by atoms with Crippen molar-refractivity contribution in [2.75, 3.05) is 10.6 Å². The Kier molecular flexibility index (Phi) is 6.40. The zero-order chi connectivity index (χ0) is 20.9. The number of aromatic nitrogens is 3. The maximum absolute atomic E-state index is 13.4. The van der Waals surface area contributed by atoms with Crippen molar-refractivity contribution in [1.82, 2.24) is 15.0 Å². The Morgan fingerprint density at radius 1 is 1.07 bits per heavy atom. The van der Waals surface area contributed by atoms with Crippen LogP contribution in [0.4, 0.5) is 16.2 Å². The standard InChI is InChI=1S/C22H24ClFN6/c23-18-13-27-22(28-17-9-7-16(25)8-10-17)30-21(18)19-5-2-6-20(29-19)26-12-14-3-1-4-15(24)11-14/h1-6,11,13,16-17H,7-10,12,25H2,(H,26,29)(H,27,28,30). The molecule has 3 aromatic rings. The molecule has 1 aliphatic carbocycles. The van der Waals surface area contributed by atoms with Gasteiger partial charge in [0.05, 0.1) is 16.9 Å². The average molecular weight is 427 g/mol. The Labute approximate surface area is 180 Å². The minimum absolute atomic E-state index is 0.260. The molecule has 8 heteroatoms. The van der Waals surface area contributed by atoms with Crippen LogP contribution in [-0.4, -0.2) is 27.0 Å². The fraction of sp³-hybridized carbons (Fsp3) is 0.318.